The Morgan fingerprint density at radius 2 is 2.12 bits per heavy atom. The van der Waals surface area contributed by atoms with Gasteiger partial charge in [-0.3, -0.25) is 0 Å². The first-order valence-electron chi connectivity index (χ1n) is 6.23. The molecule has 1 rings (SSSR count). The molecule has 1 atom stereocenters. The number of hydrogen-bond acceptors (Lipinski definition) is 2. The molecule has 2 nitrogen and oxygen atoms in total. The van der Waals surface area contributed by atoms with Crippen molar-refractivity contribution < 1.29 is 4.74 Å². The fourth-order valence-corrected chi connectivity index (χ4v) is 2.41. The van der Waals surface area contributed by atoms with E-state index in [1.54, 1.807) is 7.11 Å². The van der Waals surface area contributed by atoms with Crippen LogP contribution in [0.1, 0.15) is 44.2 Å². The van der Waals surface area contributed by atoms with Gasteiger partial charge in [0.25, 0.3) is 0 Å². The summed E-state index contributed by atoms with van der Waals surface area (Å²) < 4.78 is 6.53. The lowest BCUT2D eigenvalue weighted by Crippen LogP contribution is -2.17. The zero-order valence-corrected chi connectivity index (χ0v) is 12.5. The van der Waals surface area contributed by atoms with Gasteiger partial charge in [-0.1, -0.05) is 42.1 Å². The van der Waals surface area contributed by atoms with Crippen molar-refractivity contribution in [3.05, 3.63) is 28.2 Å². The molecule has 0 heterocycles. The van der Waals surface area contributed by atoms with Crippen LogP contribution in [0.15, 0.2) is 22.7 Å². The van der Waals surface area contributed by atoms with E-state index in [1.165, 1.54) is 24.8 Å². The summed E-state index contributed by atoms with van der Waals surface area (Å²) >= 11 is 3.52. The predicted molar refractivity (Wildman–Crippen MR) is 76.6 cm³/mol. The smallest absolute Gasteiger partial charge is 0.123 e. The Labute approximate surface area is 113 Å². The van der Waals surface area contributed by atoms with E-state index in [2.05, 4.69) is 34.2 Å². The van der Waals surface area contributed by atoms with Crippen LogP contribution in [0, 0.1) is 0 Å². The minimum atomic E-state index is 0.369. The monoisotopic (exact) mass is 299 g/mol. The molecule has 0 bridgehead atoms. The van der Waals surface area contributed by atoms with Crippen LogP contribution < -0.4 is 10.1 Å². The topological polar surface area (TPSA) is 21.3 Å². The minimum absolute atomic E-state index is 0.369. The van der Waals surface area contributed by atoms with Crippen molar-refractivity contribution in [1.29, 1.82) is 0 Å². The van der Waals surface area contributed by atoms with E-state index in [0.717, 1.165) is 16.6 Å². The summed E-state index contributed by atoms with van der Waals surface area (Å²) in [4.78, 5) is 0. The number of rotatable bonds is 7. The van der Waals surface area contributed by atoms with Gasteiger partial charge < -0.3 is 10.1 Å². The highest BCUT2D eigenvalue weighted by molar-refractivity contribution is 9.10. The van der Waals surface area contributed by atoms with E-state index in [4.69, 9.17) is 4.74 Å². The lowest BCUT2D eigenvalue weighted by molar-refractivity contribution is 0.396. The van der Waals surface area contributed by atoms with Gasteiger partial charge in [-0.05, 0) is 31.7 Å². The lowest BCUT2D eigenvalue weighted by atomic mass is 10.00. The maximum absolute atomic E-state index is 5.43. The maximum Gasteiger partial charge on any atom is 0.123 e. The van der Waals surface area contributed by atoms with Crippen molar-refractivity contribution in [2.75, 3.05) is 14.2 Å². The molecule has 0 fully saturated rings. The van der Waals surface area contributed by atoms with Crippen molar-refractivity contribution in [3.63, 3.8) is 0 Å². The number of ether oxygens (including phenoxy) is 1. The van der Waals surface area contributed by atoms with E-state index in [-0.39, 0.29) is 0 Å². The summed E-state index contributed by atoms with van der Waals surface area (Å²) in [5.41, 5.74) is 1.24. The van der Waals surface area contributed by atoms with Gasteiger partial charge in [-0.15, -0.1) is 0 Å². The zero-order chi connectivity index (χ0) is 12.7. The molecule has 0 aromatic heterocycles. The molecule has 0 aliphatic carbocycles. The highest BCUT2D eigenvalue weighted by atomic mass is 79.9. The second-order valence-corrected chi connectivity index (χ2v) is 5.14. The van der Waals surface area contributed by atoms with E-state index >= 15 is 0 Å². The Morgan fingerprint density at radius 3 is 2.71 bits per heavy atom. The second-order valence-electron chi connectivity index (χ2n) is 4.22. The van der Waals surface area contributed by atoms with Crippen molar-refractivity contribution in [2.24, 2.45) is 0 Å². The van der Waals surface area contributed by atoms with Crippen LogP contribution in [0.4, 0.5) is 0 Å². The quantitative estimate of drug-likeness (QED) is 0.758. The van der Waals surface area contributed by atoms with Gasteiger partial charge in [0.15, 0.2) is 0 Å². The Hall–Kier alpha value is -0.540. The number of methoxy groups -OCH3 is 1. The predicted octanol–water partition coefficient (Wildman–Crippen LogP) is 4.30. The summed E-state index contributed by atoms with van der Waals surface area (Å²) in [6.45, 7) is 2.23. The fraction of sp³-hybridized carbons (Fsp3) is 0.571. The highest BCUT2D eigenvalue weighted by Gasteiger charge is 2.14. The number of hydrogen-bond donors (Lipinski definition) is 1. The molecule has 17 heavy (non-hydrogen) atoms. The number of unbranched alkanes of at least 4 members (excludes halogenated alkanes) is 2. The summed E-state index contributed by atoms with van der Waals surface area (Å²) in [6.07, 6.45) is 4.94. The van der Waals surface area contributed by atoms with E-state index in [1.807, 2.05) is 19.2 Å². The average Bonchev–Trinajstić information content (AvgIpc) is 2.35. The molecule has 0 spiro atoms. The van der Waals surface area contributed by atoms with Crippen molar-refractivity contribution in [2.45, 2.75) is 38.6 Å². The van der Waals surface area contributed by atoms with Crippen LogP contribution in [0.3, 0.4) is 0 Å². The van der Waals surface area contributed by atoms with Crippen LogP contribution in [0.5, 0.6) is 5.75 Å². The second kappa shape index (κ2) is 7.72. The van der Waals surface area contributed by atoms with Gasteiger partial charge in [0.2, 0.25) is 0 Å². The summed E-state index contributed by atoms with van der Waals surface area (Å²) in [6, 6.07) is 6.55. The standard InChI is InChI=1S/C14H22BrNO/c1-4-5-6-7-13(16-2)12-10-11(15)8-9-14(12)17-3/h8-10,13,16H,4-7H2,1-3H3. The molecule has 3 heteroatoms. The van der Waals surface area contributed by atoms with Gasteiger partial charge >= 0.3 is 0 Å². The SMILES string of the molecule is CCCCCC(NC)c1cc(Br)ccc1OC. The van der Waals surface area contributed by atoms with Crippen LogP contribution in [-0.4, -0.2) is 14.2 Å². The van der Waals surface area contributed by atoms with Crippen molar-refractivity contribution in [3.8, 4) is 5.75 Å². The van der Waals surface area contributed by atoms with Crippen molar-refractivity contribution in [1.82, 2.24) is 5.32 Å². The fourth-order valence-electron chi connectivity index (χ4n) is 2.03. The molecule has 1 N–H and O–H groups in total. The molecule has 0 radical (unpaired) electrons. The Morgan fingerprint density at radius 1 is 1.35 bits per heavy atom. The average molecular weight is 300 g/mol. The van der Waals surface area contributed by atoms with Crippen LogP contribution >= 0.6 is 15.9 Å². The molecular formula is C14H22BrNO. The molecule has 0 aliphatic heterocycles. The Kier molecular flexibility index (Phi) is 6.60. The van der Waals surface area contributed by atoms with Gasteiger partial charge in [0.1, 0.15) is 5.75 Å². The summed E-state index contributed by atoms with van der Waals surface area (Å²) in [5, 5.41) is 3.38. The number of benzene rings is 1. The van der Waals surface area contributed by atoms with Gasteiger partial charge in [-0.2, -0.15) is 0 Å². The van der Waals surface area contributed by atoms with Gasteiger partial charge in [0, 0.05) is 16.1 Å². The van der Waals surface area contributed by atoms with Crippen molar-refractivity contribution >= 4 is 15.9 Å². The molecule has 1 unspecified atom stereocenters. The highest BCUT2D eigenvalue weighted by Crippen LogP contribution is 2.31. The maximum atomic E-state index is 5.43. The van der Waals surface area contributed by atoms with Crippen LogP contribution in [0.25, 0.3) is 0 Å². The molecule has 0 amide bonds. The third-order valence-corrected chi connectivity index (χ3v) is 3.51. The summed E-state index contributed by atoms with van der Waals surface area (Å²) in [5.74, 6) is 0.962. The largest absolute Gasteiger partial charge is 0.496 e. The molecule has 96 valence electrons. The minimum Gasteiger partial charge on any atom is -0.496 e. The molecule has 1 aromatic rings. The molecule has 0 aliphatic rings. The van der Waals surface area contributed by atoms with Crippen LogP contribution in [0.2, 0.25) is 0 Å². The Balaban J connectivity index is 2.82. The third kappa shape index (κ3) is 4.32. The Bertz CT molecular complexity index is 341. The summed E-state index contributed by atoms with van der Waals surface area (Å²) in [7, 11) is 3.74. The normalized spacial score (nSPS) is 12.5. The number of nitrogens with one attached hydrogen (secondary N) is 1. The molecular weight excluding hydrogens is 278 g/mol. The first kappa shape index (κ1) is 14.5. The van der Waals surface area contributed by atoms with E-state index < -0.39 is 0 Å². The van der Waals surface area contributed by atoms with E-state index in [9.17, 15) is 0 Å². The lowest BCUT2D eigenvalue weighted by Gasteiger charge is -2.19. The molecule has 1 aromatic carbocycles. The van der Waals surface area contributed by atoms with Crippen LogP contribution in [-0.2, 0) is 0 Å². The van der Waals surface area contributed by atoms with Gasteiger partial charge in [0.05, 0.1) is 7.11 Å². The van der Waals surface area contributed by atoms with Gasteiger partial charge in [-0.25, -0.2) is 0 Å². The van der Waals surface area contributed by atoms with E-state index in [0.29, 0.717) is 6.04 Å². The molecule has 0 saturated carbocycles. The number of halogens is 1. The molecule has 0 saturated heterocycles. The first-order valence-corrected chi connectivity index (χ1v) is 7.03. The zero-order valence-electron chi connectivity index (χ0n) is 10.9. The third-order valence-electron chi connectivity index (χ3n) is 3.01. The first-order chi connectivity index (χ1) is 8.22.